The summed E-state index contributed by atoms with van der Waals surface area (Å²) in [6, 6.07) is 7.59. The zero-order valence-corrected chi connectivity index (χ0v) is 8.24. The van der Waals surface area contributed by atoms with Crippen LogP contribution < -0.4 is 5.73 Å². The quantitative estimate of drug-likeness (QED) is 0.777. The second-order valence-corrected chi connectivity index (χ2v) is 3.31. The zero-order valence-electron chi connectivity index (χ0n) is 8.24. The number of nitrogens with zero attached hydrogens (tertiary/aromatic N) is 2. The fraction of sp³-hybridized carbons (Fsp3) is 0.182. The predicted molar refractivity (Wildman–Crippen MR) is 57.6 cm³/mol. The van der Waals surface area contributed by atoms with Crippen LogP contribution in [-0.2, 0) is 0 Å². The van der Waals surface area contributed by atoms with E-state index >= 15 is 0 Å². The first-order valence-corrected chi connectivity index (χ1v) is 4.77. The number of aromatic nitrogens is 2. The first kappa shape index (κ1) is 9.89. The number of hydrogen-bond donors (Lipinski definition) is 2. The van der Waals surface area contributed by atoms with Crippen molar-refractivity contribution in [2.75, 3.05) is 6.54 Å². The highest BCUT2D eigenvalue weighted by Gasteiger charge is 2.04. The Labute approximate surface area is 88.0 Å². The molecule has 3 N–H and O–H groups in total. The van der Waals surface area contributed by atoms with Crippen LogP contribution in [0.1, 0.15) is 11.7 Å². The van der Waals surface area contributed by atoms with Gasteiger partial charge in [-0.2, -0.15) is 0 Å². The molecule has 0 saturated heterocycles. The number of aliphatic hydroxyl groups is 1. The van der Waals surface area contributed by atoms with E-state index < -0.39 is 6.10 Å². The van der Waals surface area contributed by atoms with Crippen LogP contribution in [0.4, 0.5) is 0 Å². The van der Waals surface area contributed by atoms with Crippen molar-refractivity contribution in [3.8, 4) is 5.69 Å². The third kappa shape index (κ3) is 2.06. The number of benzene rings is 1. The van der Waals surface area contributed by atoms with Crippen molar-refractivity contribution in [1.82, 2.24) is 9.55 Å². The molecule has 0 aliphatic rings. The van der Waals surface area contributed by atoms with Gasteiger partial charge in [-0.15, -0.1) is 0 Å². The van der Waals surface area contributed by atoms with E-state index in [1.54, 1.807) is 12.5 Å². The van der Waals surface area contributed by atoms with E-state index in [0.717, 1.165) is 11.3 Å². The number of imidazole rings is 1. The molecule has 0 spiro atoms. The van der Waals surface area contributed by atoms with Crippen LogP contribution in [-0.4, -0.2) is 21.2 Å². The van der Waals surface area contributed by atoms with Gasteiger partial charge in [0.25, 0.3) is 0 Å². The maximum Gasteiger partial charge on any atom is 0.0991 e. The lowest BCUT2D eigenvalue weighted by atomic mass is 10.1. The van der Waals surface area contributed by atoms with Gasteiger partial charge >= 0.3 is 0 Å². The molecule has 1 heterocycles. The Morgan fingerprint density at radius 2 is 2.07 bits per heavy atom. The Bertz CT molecular complexity index is 408. The molecule has 4 nitrogen and oxygen atoms in total. The summed E-state index contributed by atoms with van der Waals surface area (Å²) in [4.78, 5) is 3.97. The first-order valence-electron chi connectivity index (χ1n) is 4.77. The topological polar surface area (TPSA) is 64.1 Å². The molecular weight excluding hydrogens is 190 g/mol. The van der Waals surface area contributed by atoms with E-state index in [0.29, 0.717) is 0 Å². The van der Waals surface area contributed by atoms with Crippen molar-refractivity contribution < 1.29 is 5.11 Å². The molecule has 2 aromatic rings. The summed E-state index contributed by atoms with van der Waals surface area (Å²) in [5, 5.41) is 9.51. The van der Waals surface area contributed by atoms with Gasteiger partial charge in [0, 0.05) is 24.6 Å². The largest absolute Gasteiger partial charge is 0.387 e. The van der Waals surface area contributed by atoms with Crippen LogP contribution in [0, 0.1) is 0 Å². The van der Waals surface area contributed by atoms with Gasteiger partial charge in [0.1, 0.15) is 0 Å². The fourth-order valence-electron chi connectivity index (χ4n) is 1.42. The van der Waals surface area contributed by atoms with Crippen molar-refractivity contribution in [2.24, 2.45) is 5.73 Å². The third-order valence-corrected chi connectivity index (χ3v) is 2.30. The molecular formula is C11H13N3O. The van der Waals surface area contributed by atoms with E-state index in [-0.39, 0.29) is 6.54 Å². The summed E-state index contributed by atoms with van der Waals surface area (Å²) >= 11 is 0. The fourth-order valence-corrected chi connectivity index (χ4v) is 1.42. The summed E-state index contributed by atoms with van der Waals surface area (Å²) in [5.41, 5.74) is 7.22. The maximum absolute atomic E-state index is 9.51. The SMILES string of the molecule is NCC(O)c1ccc(-n2ccnc2)cc1. The van der Waals surface area contributed by atoms with E-state index in [1.807, 2.05) is 35.0 Å². The van der Waals surface area contributed by atoms with Gasteiger partial charge in [-0.1, -0.05) is 12.1 Å². The molecule has 0 amide bonds. The van der Waals surface area contributed by atoms with E-state index in [1.165, 1.54) is 0 Å². The molecule has 0 radical (unpaired) electrons. The summed E-state index contributed by atoms with van der Waals surface area (Å²) in [6.07, 6.45) is 4.74. The van der Waals surface area contributed by atoms with Gasteiger partial charge in [0.05, 0.1) is 12.4 Å². The van der Waals surface area contributed by atoms with Crippen molar-refractivity contribution in [1.29, 1.82) is 0 Å². The van der Waals surface area contributed by atoms with E-state index in [4.69, 9.17) is 5.73 Å². The standard InChI is InChI=1S/C11H13N3O/c12-7-11(15)9-1-3-10(4-2-9)14-6-5-13-8-14/h1-6,8,11,15H,7,12H2. The highest BCUT2D eigenvalue weighted by atomic mass is 16.3. The van der Waals surface area contributed by atoms with Gasteiger partial charge in [-0.3, -0.25) is 0 Å². The predicted octanol–water partition coefficient (Wildman–Crippen LogP) is 0.864. The number of aliphatic hydroxyl groups excluding tert-OH is 1. The lowest BCUT2D eigenvalue weighted by Crippen LogP contribution is -2.11. The summed E-state index contributed by atoms with van der Waals surface area (Å²) in [7, 11) is 0. The Morgan fingerprint density at radius 3 is 2.60 bits per heavy atom. The van der Waals surface area contributed by atoms with Crippen LogP contribution in [0.2, 0.25) is 0 Å². The first-order chi connectivity index (χ1) is 7.31. The average Bonchev–Trinajstić information content (AvgIpc) is 2.82. The minimum atomic E-state index is -0.582. The molecule has 1 unspecified atom stereocenters. The molecule has 0 fully saturated rings. The molecule has 2 rings (SSSR count). The Morgan fingerprint density at radius 1 is 1.33 bits per heavy atom. The van der Waals surface area contributed by atoms with Gasteiger partial charge in [-0.25, -0.2) is 4.98 Å². The van der Waals surface area contributed by atoms with Gasteiger partial charge in [0.2, 0.25) is 0 Å². The van der Waals surface area contributed by atoms with Crippen LogP contribution >= 0.6 is 0 Å². The number of nitrogens with two attached hydrogens (primary N) is 1. The van der Waals surface area contributed by atoms with Crippen molar-refractivity contribution in [2.45, 2.75) is 6.10 Å². The Kier molecular flexibility index (Phi) is 2.80. The molecule has 15 heavy (non-hydrogen) atoms. The maximum atomic E-state index is 9.51. The third-order valence-electron chi connectivity index (χ3n) is 2.30. The van der Waals surface area contributed by atoms with Crippen LogP contribution in [0.15, 0.2) is 43.0 Å². The summed E-state index contributed by atoms with van der Waals surface area (Å²) in [6.45, 7) is 0.240. The van der Waals surface area contributed by atoms with Crippen molar-refractivity contribution in [3.63, 3.8) is 0 Å². The van der Waals surface area contributed by atoms with E-state index in [9.17, 15) is 5.11 Å². The number of rotatable bonds is 3. The molecule has 0 aliphatic carbocycles. The molecule has 0 aliphatic heterocycles. The molecule has 0 saturated carbocycles. The van der Waals surface area contributed by atoms with Crippen LogP contribution in [0.3, 0.4) is 0 Å². The second kappa shape index (κ2) is 4.25. The van der Waals surface area contributed by atoms with Crippen LogP contribution in [0.5, 0.6) is 0 Å². The monoisotopic (exact) mass is 203 g/mol. The second-order valence-electron chi connectivity index (χ2n) is 3.31. The molecule has 1 aromatic carbocycles. The van der Waals surface area contributed by atoms with Gasteiger partial charge < -0.3 is 15.4 Å². The normalized spacial score (nSPS) is 12.7. The lowest BCUT2D eigenvalue weighted by molar-refractivity contribution is 0.187. The Balaban J connectivity index is 2.25. The minimum Gasteiger partial charge on any atom is -0.387 e. The Hall–Kier alpha value is -1.65. The molecule has 4 heteroatoms. The van der Waals surface area contributed by atoms with Gasteiger partial charge in [0.15, 0.2) is 0 Å². The minimum absolute atomic E-state index is 0.240. The molecule has 1 aromatic heterocycles. The molecule has 0 bridgehead atoms. The summed E-state index contributed by atoms with van der Waals surface area (Å²) in [5.74, 6) is 0. The smallest absolute Gasteiger partial charge is 0.0991 e. The average molecular weight is 203 g/mol. The highest BCUT2D eigenvalue weighted by molar-refractivity contribution is 5.35. The number of hydrogen-bond acceptors (Lipinski definition) is 3. The summed E-state index contributed by atoms with van der Waals surface area (Å²) < 4.78 is 1.90. The lowest BCUT2D eigenvalue weighted by Gasteiger charge is -2.09. The van der Waals surface area contributed by atoms with Crippen molar-refractivity contribution in [3.05, 3.63) is 48.5 Å². The zero-order chi connectivity index (χ0) is 10.7. The molecule has 78 valence electrons. The van der Waals surface area contributed by atoms with Crippen LogP contribution in [0.25, 0.3) is 5.69 Å². The molecule has 1 atom stereocenters. The van der Waals surface area contributed by atoms with Crippen molar-refractivity contribution >= 4 is 0 Å². The van der Waals surface area contributed by atoms with Gasteiger partial charge in [-0.05, 0) is 17.7 Å². The van der Waals surface area contributed by atoms with E-state index in [2.05, 4.69) is 4.98 Å². The highest BCUT2D eigenvalue weighted by Crippen LogP contribution is 2.14.